The molecule has 0 bridgehead atoms. The lowest BCUT2D eigenvalue weighted by Gasteiger charge is -2.13. The van der Waals surface area contributed by atoms with E-state index in [4.69, 9.17) is 14.6 Å². The van der Waals surface area contributed by atoms with Crippen molar-refractivity contribution in [3.8, 4) is 5.75 Å². The minimum Gasteiger partial charge on any atom is -0.495 e. The van der Waals surface area contributed by atoms with Gasteiger partial charge in [-0.15, -0.1) is 0 Å². The number of benzene rings is 1. The van der Waals surface area contributed by atoms with E-state index in [1.54, 1.807) is 0 Å². The van der Waals surface area contributed by atoms with Crippen LogP contribution >= 0.6 is 0 Å². The molecule has 1 aliphatic rings. The zero-order chi connectivity index (χ0) is 13.8. The summed E-state index contributed by atoms with van der Waals surface area (Å²) in [6, 6.07) is 4.32. The minimum atomic E-state index is -1.04. The third-order valence-corrected chi connectivity index (χ3v) is 3.01. The Hall–Kier alpha value is -2.08. The van der Waals surface area contributed by atoms with Crippen molar-refractivity contribution in [3.05, 3.63) is 23.8 Å². The summed E-state index contributed by atoms with van der Waals surface area (Å²) < 4.78 is 10.2. The number of nitrogens with one attached hydrogen (secondary N) is 1. The van der Waals surface area contributed by atoms with Crippen LogP contribution < -0.4 is 10.1 Å². The molecule has 1 aromatic carbocycles. The molecule has 1 amide bonds. The maximum atomic E-state index is 11.9. The molecule has 2 N–H and O–H groups in total. The quantitative estimate of drug-likeness (QED) is 0.858. The zero-order valence-corrected chi connectivity index (χ0v) is 10.5. The topological polar surface area (TPSA) is 84.9 Å². The fraction of sp³-hybridized carbons (Fsp3) is 0.385. The van der Waals surface area contributed by atoms with Crippen LogP contribution in [0.25, 0.3) is 0 Å². The lowest BCUT2D eigenvalue weighted by molar-refractivity contribution is -0.119. The van der Waals surface area contributed by atoms with Gasteiger partial charge in [-0.25, -0.2) is 4.79 Å². The Balaban J connectivity index is 2.15. The Morgan fingerprint density at radius 2 is 2.26 bits per heavy atom. The number of hydrogen-bond acceptors (Lipinski definition) is 4. The van der Waals surface area contributed by atoms with Crippen LogP contribution in [-0.2, 0) is 9.53 Å². The Labute approximate surface area is 110 Å². The molecular formula is C13H15NO5. The number of methoxy groups -OCH3 is 1. The molecule has 1 heterocycles. The molecule has 19 heavy (non-hydrogen) atoms. The zero-order valence-electron chi connectivity index (χ0n) is 10.5. The van der Waals surface area contributed by atoms with Gasteiger partial charge in [-0.05, 0) is 24.6 Å². The molecule has 102 valence electrons. The van der Waals surface area contributed by atoms with E-state index in [9.17, 15) is 9.59 Å². The van der Waals surface area contributed by atoms with Gasteiger partial charge in [0.05, 0.1) is 30.9 Å². The van der Waals surface area contributed by atoms with Crippen molar-refractivity contribution in [2.75, 3.05) is 25.6 Å². The first-order chi connectivity index (χ1) is 9.11. The second-order valence-electron chi connectivity index (χ2n) is 4.27. The second kappa shape index (κ2) is 5.71. The molecule has 0 aromatic heterocycles. The van der Waals surface area contributed by atoms with Gasteiger partial charge in [0.15, 0.2) is 0 Å². The third kappa shape index (κ3) is 3.03. The number of rotatable bonds is 4. The molecule has 0 saturated carbocycles. The SMILES string of the molecule is COc1cc(C(=O)O)ccc1NC(=O)C1CCOC1. The Bertz CT molecular complexity index is 494. The molecule has 1 atom stereocenters. The third-order valence-electron chi connectivity index (χ3n) is 3.01. The molecule has 1 unspecified atom stereocenters. The van der Waals surface area contributed by atoms with Crippen LogP contribution in [-0.4, -0.2) is 37.3 Å². The molecule has 0 aliphatic carbocycles. The first-order valence-corrected chi connectivity index (χ1v) is 5.91. The van der Waals surface area contributed by atoms with E-state index in [2.05, 4.69) is 5.32 Å². The maximum Gasteiger partial charge on any atom is 0.335 e. The van der Waals surface area contributed by atoms with Gasteiger partial charge in [-0.1, -0.05) is 0 Å². The smallest absolute Gasteiger partial charge is 0.335 e. The van der Waals surface area contributed by atoms with Crippen molar-refractivity contribution < 1.29 is 24.2 Å². The molecule has 0 radical (unpaired) electrons. The maximum absolute atomic E-state index is 11.9. The highest BCUT2D eigenvalue weighted by Crippen LogP contribution is 2.27. The molecule has 6 heteroatoms. The number of ether oxygens (including phenoxy) is 2. The van der Waals surface area contributed by atoms with Crippen LogP contribution in [0.4, 0.5) is 5.69 Å². The lowest BCUT2D eigenvalue weighted by atomic mass is 10.1. The van der Waals surface area contributed by atoms with Crippen molar-refractivity contribution in [1.82, 2.24) is 0 Å². The van der Waals surface area contributed by atoms with Gasteiger partial charge >= 0.3 is 5.97 Å². The predicted octanol–water partition coefficient (Wildman–Crippen LogP) is 1.37. The summed E-state index contributed by atoms with van der Waals surface area (Å²) in [5.74, 6) is -1.02. The molecule has 1 fully saturated rings. The fourth-order valence-electron chi connectivity index (χ4n) is 1.90. The van der Waals surface area contributed by atoms with Crippen molar-refractivity contribution in [3.63, 3.8) is 0 Å². The number of carboxylic acid groups (broad SMARTS) is 1. The average molecular weight is 265 g/mol. The monoisotopic (exact) mass is 265 g/mol. The van der Waals surface area contributed by atoms with Crippen LogP contribution in [0.15, 0.2) is 18.2 Å². The minimum absolute atomic E-state index is 0.110. The molecule has 0 spiro atoms. The highest BCUT2D eigenvalue weighted by Gasteiger charge is 2.24. The van der Waals surface area contributed by atoms with Crippen molar-refractivity contribution in [2.45, 2.75) is 6.42 Å². The van der Waals surface area contributed by atoms with E-state index < -0.39 is 5.97 Å². The normalized spacial score (nSPS) is 18.1. The van der Waals surface area contributed by atoms with Crippen LogP contribution in [0.3, 0.4) is 0 Å². The molecule has 2 rings (SSSR count). The van der Waals surface area contributed by atoms with Gasteiger partial charge in [0, 0.05) is 6.61 Å². The summed E-state index contributed by atoms with van der Waals surface area (Å²) >= 11 is 0. The molecule has 1 saturated heterocycles. The Morgan fingerprint density at radius 3 is 2.84 bits per heavy atom. The van der Waals surface area contributed by atoms with Gasteiger partial charge in [-0.2, -0.15) is 0 Å². The van der Waals surface area contributed by atoms with E-state index in [1.807, 2.05) is 0 Å². The second-order valence-corrected chi connectivity index (χ2v) is 4.27. The van der Waals surface area contributed by atoms with E-state index in [-0.39, 0.29) is 17.4 Å². The van der Waals surface area contributed by atoms with Gasteiger partial charge in [-0.3, -0.25) is 4.79 Å². The van der Waals surface area contributed by atoms with Crippen LogP contribution in [0.5, 0.6) is 5.75 Å². The van der Waals surface area contributed by atoms with Crippen molar-refractivity contribution >= 4 is 17.6 Å². The number of carbonyl (C=O) groups excluding carboxylic acids is 1. The van der Waals surface area contributed by atoms with Gasteiger partial charge in [0.2, 0.25) is 5.91 Å². The van der Waals surface area contributed by atoms with Gasteiger partial charge < -0.3 is 19.9 Å². The highest BCUT2D eigenvalue weighted by atomic mass is 16.5. The number of hydrogen-bond donors (Lipinski definition) is 2. The Kier molecular flexibility index (Phi) is 4.01. The summed E-state index contributed by atoms with van der Waals surface area (Å²) in [6.07, 6.45) is 0.696. The molecule has 1 aliphatic heterocycles. The number of amides is 1. The summed E-state index contributed by atoms with van der Waals surface area (Å²) in [7, 11) is 1.43. The van der Waals surface area contributed by atoms with E-state index in [0.717, 1.165) is 0 Å². The molecular weight excluding hydrogens is 250 g/mol. The number of anilines is 1. The number of carboxylic acids is 1. The molecule has 1 aromatic rings. The van der Waals surface area contributed by atoms with E-state index >= 15 is 0 Å². The van der Waals surface area contributed by atoms with Crippen molar-refractivity contribution in [2.24, 2.45) is 5.92 Å². The van der Waals surface area contributed by atoms with Gasteiger partial charge in [0.25, 0.3) is 0 Å². The van der Waals surface area contributed by atoms with Gasteiger partial charge in [0.1, 0.15) is 5.75 Å². The number of aromatic carboxylic acids is 1. The molecule has 6 nitrogen and oxygen atoms in total. The standard InChI is InChI=1S/C13H15NO5/c1-18-11-6-8(13(16)17)2-3-10(11)14-12(15)9-4-5-19-7-9/h2-3,6,9H,4-5,7H2,1H3,(H,14,15)(H,16,17). The summed E-state index contributed by atoms with van der Waals surface area (Å²) in [5, 5.41) is 11.6. The van der Waals surface area contributed by atoms with Crippen LogP contribution in [0.2, 0.25) is 0 Å². The highest BCUT2D eigenvalue weighted by molar-refractivity contribution is 5.95. The van der Waals surface area contributed by atoms with E-state index in [0.29, 0.717) is 31.1 Å². The van der Waals surface area contributed by atoms with E-state index in [1.165, 1.54) is 25.3 Å². The summed E-state index contributed by atoms with van der Waals surface area (Å²) in [6.45, 7) is 1.01. The first-order valence-electron chi connectivity index (χ1n) is 5.91. The number of carbonyl (C=O) groups is 2. The average Bonchev–Trinajstić information content (AvgIpc) is 2.92. The van der Waals surface area contributed by atoms with Crippen LogP contribution in [0, 0.1) is 5.92 Å². The summed E-state index contributed by atoms with van der Waals surface area (Å²) in [4.78, 5) is 22.8. The first kappa shape index (κ1) is 13.4. The van der Waals surface area contributed by atoms with Crippen molar-refractivity contribution in [1.29, 1.82) is 0 Å². The Morgan fingerprint density at radius 1 is 1.47 bits per heavy atom. The summed E-state index contributed by atoms with van der Waals surface area (Å²) in [5.41, 5.74) is 0.573. The largest absolute Gasteiger partial charge is 0.495 e. The predicted molar refractivity (Wildman–Crippen MR) is 67.5 cm³/mol. The lowest BCUT2D eigenvalue weighted by Crippen LogP contribution is -2.23. The van der Waals surface area contributed by atoms with Crippen LogP contribution in [0.1, 0.15) is 16.8 Å². The fourth-order valence-corrected chi connectivity index (χ4v) is 1.90.